The third kappa shape index (κ3) is 3.87. The predicted molar refractivity (Wildman–Crippen MR) is 134 cm³/mol. The number of fused-ring (bicyclic) bond motifs is 2. The Labute approximate surface area is 197 Å². The van der Waals surface area contributed by atoms with E-state index in [4.69, 9.17) is 11.6 Å². The molecule has 0 aliphatic rings. The van der Waals surface area contributed by atoms with Gasteiger partial charge in [0.25, 0.3) is 5.56 Å². The molecule has 158 valence electrons. The summed E-state index contributed by atoms with van der Waals surface area (Å²) in [4.78, 5) is 17.6. The van der Waals surface area contributed by atoms with E-state index < -0.39 is 0 Å². The highest BCUT2D eigenvalue weighted by atomic mass is 79.9. The van der Waals surface area contributed by atoms with Crippen LogP contribution in [0.4, 0.5) is 0 Å². The molecular weight excluding hydrogens is 488 g/mol. The number of hydrogen-bond donors (Lipinski definition) is 0. The third-order valence-electron chi connectivity index (χ3n) is 5.37. The van der Waals surface area contributed by atoms with Crippen LogP contribution in [-0.4, -0.2) is 20.4 Å². The second-order valence-electron chi connectivity index (χ2n) is 7.54. The molecule has 0 spiro atoms. The van der Waals surface area contributed by atoms with Crippen molar-refractivity contribution in [2.24, 2.45) is 5.10 Å². The van der Waals surface area contributed by atoms with Crippen LogP contribution < -0.4 is 5.56 Å². The van der Waals surface area contributed by atoms with Crippen LogP contribution in [0.15, 0.2) is 87.3 Å². The van der Waals surface area contributed by atoms with Gasteiger partial charge in [-0.2, -0.15) is 9.78 Å². The Balaban J connectivity index is 1.57. The van der Waals surface area contributed by atoms with E-state index in [-0.39, 0.29) is 5.56 Å². The van der Waals surface area contributed by atoms with E-state index in [2.05, 4.69) is 42.7 Å². The van der Waals surface area contributed by atoms with Crippen molar-refractivity contribution in [1.29, 1.82) is 0 Å². The summed E-state index contributed by atoms with van der Waals surface area (Å²) in [5.41, 5.74) is 3.62. The van der Waals surface area contributed by atoms with Crippen LogP contribution in [0.25, 0.3) is 21.8 Å². The molecule has 5 aromatic rings. The van der Waals surface area contributed by atoms with Crippen LogP contribution in [-0.2, 0) is 6.54 Å². The van der Waals surface area contributed by atoms with E-state index in [0.29, 0.717) is 23.3 Å². The Morgan fingerprint density at radius 2 is 1.84 bits per heavy atom. The molecule has 2 heterocycles. The highest BCUT2D eigenvalue weighted by molar-refractivity contribution is 9.10. The molecule has 5 nitrogen and oxygen atoms in total. The van der Waals surface area contributed by atoms with Gasteiger partial charge in [0.1, 0.15) is 5.82 Å². The Kier molecular flexibility index (Phi) is 5.41. The van der Waals surface area contributed by atoms with Crippen LogP contribution in [0.5, 0.6) is 0 Å². The summed E-state index contributed by atoms with van der Waals surface area (Å²) in [6, 6.07) is 21.4. The molecule has 0 radical (unpaired) electrons. The minimum absolute atomic E-state index is 0.199. The summed E-state index contributed by atoms with van der Waals surface area (Å²) in [6.07, 6.45) is 3.77. The lowest BCUT2D eigenvalue weighted by Gasteiger charge is -2.05. The molecule has 0 fully saturated rings. The van der Waals surface area contributed by atoms with Gasteiger partial charge in [0.05, 0.1) is 17.1 Å². The highest BCUT2D eigenvalue weighted by Crippen LogP contribution is 2.22. The summed E-state index contributed by atoms with van der Waals surface area (Å²) in [7, 11) is 0. The normalized spacial score (nSPS) is 11.7. The highest BCUT2D eigenvalue weighted by Gasteiger charge is 2.10. The zero-order valence-electron chi connectivity index (χ0n) is 17.2. The van der Waals surface area contributed by atoms with E-state index >= 15 is 0 Å². The number of rotatable bonds is 4. The summed E-state index contributed by atoms with van der Waals surface area (Å²) >= 11 is 9.45. The minimum atomic E-state index is -0.199. The molecule has 0 unspecified atom stereocenters. The van der Waals surface area contributed by atoms with Crippen molar-refractivity contribution in [3.8, 4) is 0 Å². The third-order valence-corrected chi connectivity index (χ3v) is 6.11. The molecular formula is C25H18BrClN4O. The number of para-hydroxylation sites is 1. The largest absolute Gasteiger partial charge is 0.342 e. The zero-order chi connectivity index (χ0) is 22.2. The van der Waals surface area contributed by atoms with E-state index in [1.54, 1.807) is 19.2 Å². The summed E-state index contributed by atoms with van der Waals surface area (Å²) in [5, 5.41) is 6.81. The van der Waals surface area contributed by atoms with Gasteiger partial charge >= 0.3 is 0 Å². The van der Waals surface area contributed by atoms with Crippen LogP contribution in [0.1, 0.15) is 17.0 Å². The molecule has 5 rings (SSSR count). The fourth-order valence-corrected chi connectivity index (χ4v) is 4.30. The molecule has 0 aliphatic carbocycles. The number of aryl methyl sites for hydroxylation is 1. The van der Waals surface area contributed by atoms with Gasteiger partial charge in [-0.1, -0.05) is 57.9 Å². The van der Waals surface area contributed by atoms with Crippen LogP contribution >= 0.6 is 27.5 Å². The van der Waals surface area contributed by atoms with E-state index in [0.717, 1.165) is 31.5 Å². The molecule has 0 aliphatic heterocycles. The second kappa shape index (κ2) is 8.37. The number of halogens is 2. The van der Waals surface area contributed by atoms with E-state index in [1.807, 2.05) is 54.7 Å². The van der Waals surface area contributed by atoms with Crippen LogP contribution in [0.3, 0.4) is 0 Å². The lowest BCUT2D eigenvalue weighted by Crippen LogP contribution is -2.20. The lowest BCUT2D eigenvalue weighted by molar-refractivity contribution is 0.770. The first-order valence-corrected chi connectivity index (χ1v) is 11.2. The van der Waals surface area contributed by atoms with E-state index in [1.165, 1.54) is 4.68 Å². The van der Waals surface area contributed by atoms with Crippen molar-refractivity contribution >= 4 is 55.6 Å². The Morgan fingerprint density at radius 1 is 1.06 bits per heavy atom. The smallest absolute Gasteiger partial charge is 0.282 e. The Hall–Kier alpha value is -3.22. The Bertz CT molecular complexity index is 1550. The van der Waals surface area contributed by atoms with Gasteiger partial charge in [0.15, 0.2) is 0 Å². The van der Waals surface area contributed by atoms with Gasteiger partial charge in [-0.05, 0) is 48.9 Å². The molecule has 32 heavy (non-hydrogen) atoms. The molecule has 0 amide bonds. The van der Waals surface area contributed by atoms with Crippen LogP contribution in [0, 0.1) is 6.92 Å². The standard InChI is InChI=1S/C25H18BrClN4O/c1-16-29-23-11-8-19(26)12-22(23)25(32)31(16)28-13-18-15-30(24-5-3-2-4-21(18)24)14-17-6-9-20(27)10-7-17/h2-13,15H,14H2,1H3. The number of aromatic nitrogens is 3. The van der Waals surface area contributed by atoms with Crippen molar-refractivity contribution < 1.29 is 0 Å². The van der Waals surface area contributed by atoms with Gasteiger partial charge < -0.3 is 4.57 Å². The van der Waals surface area contributed by atoms with Crippen molar-refractivity contribution in [1.82, 2.24) is 14.2 Å². The maximum absolute atomic E-state index is 13.0. The monoisotopic (exact) mass is 504 g/mol. The lowest BCUT2D eigenvalue weighted by atomic mass is 10.2. The zero-order valence-corrected chi connectivity index (χ0v) is 19.5. The maximum Gasteiger partial charge on any atom is 0.282 e. The minimum Gasteiger partial charge on any atom is -0.342 e. The van der Waals surface area contributed by atoms with Gasteiger partial charge in [-0.15, -0.1) is 0 Å². The summed E-state index contributed by atoms with van der Waals surface area (Å²) < 4.78 is 4.35. The fraction of sp³-hybridized carbons (Fsp3) is 0.0800. The molecule has 0 N–H and O–H groups in total. The van der Waals surface area contributed by atoms with Crippen molar-refractivity contribution in [2.75, 3.05) is 0 Å². The van der Waals surface area contributed by atoms with Crippen molar-refractivity contribution in [3.63, 3.8) is 0 Å². The van der Waals surface area contributed by atoms with Gasteiger partial charge in [-0.3, -0.25) is 4.79 Å². The van der Waals surface area contributed by atoms with Gasteiger partial charge in [0.2, 0.25) is 0 Å². The number of nitrogens with zero attached hydrogens (tertiary/aromatic N) is 4. The average molecular weight is 506 g/mol. The number of hydrogen-bond acceptors (Lipinski definition) is 3. The summed E-state index contributed by atoms with van der Waals surface area (Å²) in [6.45, 7) is 2.49. The maximum atomic E-state index is 13.0. The number of benzene rings is 3. The quantitative estimate of drug-likeness (QED) is 0.281. The SMILES string of the molecule is Cc1nc2ccc(Br)cc2c(=O)n1N=Cc1cn(Cc2ccc(Cl)cc2)c2ccccc12. The van der Waals surface area contributed by atoms with Crippen molar-refractivity contribution in [2.45, 2.75) is 13.5 Å². The molecule has 2 aromatic heterocycles. The molecule has 3 aromatic carbocycles. The Morgan fingerprint density at radius 3 is 2.66 bits per heavy atom. The first-order valence-electron chi connectivity index (χ1n) is 10.1. The fourth-order valence-electron chi connectivity index (χ4n) is 3.81. The van der Waals surface area contributed by atoms with E-state index in [9.17, 15) is 4.79 Å². The first kappa shape index (κ1) is 20.7. The van der Waals surface area contributed by atoms with Gasteiger partial charge in [0, 0.05) is 38.7 Å². The molecule has 7 heteroatoms. The molecule has 0 atom stereocenters. The van der Waals surface area contributed by atoms with Crippen molar-refractivity contribution in [3.05, 3.63) is 110 Å². The molecule has 0 saturated carbocycles. The average Bonchev–Trinajstić information content (AvgIpc) is 3.13. The van der Waals surface area contributed by atoms with Gasteiger partial charge in [-0.25, -0.2) is 4.98 Å². The topological polar surface area (TPSA) is 52.2 Å². The second-order valence-corrected chi connectivity index (χ2v) is 8.89. The molecule has 0 bridgehead atoms. The van der Waals surface area contributed by atoms with Crippen LogP contribution in [0.2, 0.25) is 5.02 Å². The first-order chi connectivity index (χ1) is 15.5. The summed E-state index contributed by atoms with van der Waals surface area (Å²) in [5.74, 6) is 0.533. The predicted octanol–water partition coefficient (Wildman–Crippen LogP) is 6.01. The molecule has 0 saturated heterocycles.